The van der Waals surface area contributed by atoms with Crippen molar-refractivity contribution >= 4 is 29.9 Å². The fourth-order valence-corrected chi connectivity index (χ4v) is 1.79. The molecule has 0 radical (unpaired) electrons. The van der Waals surface area contributed by atoms with Crippen LogP contribution in [0.3, 0.4) is 0 Å². The van der Waals surface area contributed by atoms with Crippen LogP contribution in [0.5, 0.6) is 0 Å². The predicted molar refractivity (Wildman–Crippen MR) is 78.4 cm³/mol. The number of nitrogens with one attached hydrogen (secondary N) is 1. The lowest BCUT2D eigenvalue weighted by Crippen LogP contribution is -2.36. The highest BCUT2D eigenvalue weighted by Gasteiger charge is 2.14. The molecule has 2 rings (SSSR count). The van der Waals surface area contributed by atoms with Gasteiger partial charge in [-0.25, -0.2) is 13.2 Å². The minimum Gasteiger partial charge on any atom is -0.356 e. The highest BCUT2D eigenvalue weighted by Crippen LogP contribution is 2.15. The monoisotopic (exact) mass is 385 g/mol. The fourth-order valence-electron chi connectivity index (χ4n) is 1.79. The fraction of sp³-hybridized carbons (Fsp3) is 0.417. The summed E-state index contributed by atoms with van der Waals surface area (Å²) in [5.41, 5.74) is 0.155. The highest BCUT2D eigenvalue weighted by atomic mass is 127. The molecule has 0 aliphatic carbocycles. The number of aliphatic imine (C=N–C) groups is 1. The van der Waals surface area contributed by atoms with Crippen LogP contribution in [-0.2, 0) is 6.42 Å². The second-order valence-electron chi connectivity index (χ2n) is 4.14. The minimum atomic E-state index is -1.41. The first-order chi connectivity index (χ1) is 8.59. The number of halogens is 4. The molecule has 0 aromatic heterocycles. The molecule has 7 heteroatoms. The second kappa shape index (κ2) is 6.97. The van der Waals surface area contributed by atoms with Gasteiger partial charge in [0, 0.05) is 20.1 Å². The van der Waals surface area contributed by atoms with Gasteiger partial charge in [-0.3, -0.25) is 4.99 Å². The first kappa shape index (κ1) is 16.1. The van der Waals surface area contributed by atoms with Crippen LogP contribution in [0.15, 0.2) is 17.1 Å². The summed E-state index contributed by atoms with van der Waals surface area (Å²) >= 11 is 0. The molecule has 1 aromatic carbocycles. The van der Waals surface area contributed by atoms with Crippen molar-refractivity contribution in [2.24, 2.45) is 4.99 Å². The van der Waals surface area contributed by atoms with Crippen molar-refractivity contribution < 1.29 is 13.2 Å². The van der Waals surface area contributed by atoms with Gasteiger partial charge < -0.3 is 10.2 Å². The Kier molecular flexibility index (Phi) is 5.89. The van der Waals surface area contributed by atoms with Gasteiger partial charge in [0.05, 0.1) is 6.54 Å². The van der Waals surface area contributed by atoms with Crippen LogP contribution in [0, 0.1) is 17.5 Å². The topological polar surface area (TPSA) is 27.6 Å². The van der Waals surface area contributed by atoms with Crippen molar-refractivity contribution in [3.8, 4) is 0 Å². The number of hydrogen-bond acceptors (Lipinski definition) is 3. The molecule has 0 bridgehead atoms. The minimum absolute atomic E-state index is 0. The van der Waals surface area contributed by atoms with Crippen molar-refractivity contribution in [1.82, 2.24) is 10.2 Å². The Morgan fingerprint density at radius 2 is 2.00 bits per heavy atom. The third-order valence-electron chi connectivity index (χ3n) is 2.85. The van der Waals surface area contributed by atoms with Gasteiger partial charge in [0.2, 0.25) is 0 Å². The van der Waals surface area contributed by atoms with E-state index in [-0.39, 0.29) is 36.0 Å². The number of nitrogens with zero attached hydrogens (tertiary/aromatic N) is 2. The average Bonchev–Trinajstić information content (AvgIpc) is 2.75. The maximum atomic E-state index is 13.4. The van der Waals surface area contributed by atoms with Crippen LogP contribution >= 0.6 is 24.0 Å². The summed E-state index contributed by atoms with van der Waals surface area (Å²) in [4.78, 5) is 6.15. The van der Waals surface area contributed by atoms with E-state index in [4.69, 9.17) is 0 Å². The predicted octanol–water partition coefficient (Wildman–Crippen LogP) is 2.16. The largest absolute Gasteiger partial charge is 0.356 e. The summed E-state index contributed by atoms with van der Waals surface area (Å²) in [6, 6.07) is 2.20. The summed E-state index contributed by atoms with van der Waals surface area (Å²) in [6.07, 6.45) is 0.274. The molecule has 19 heavy (non-hydrogen) atoms. The molecule has 106 valence electrons. The van der Waals surface area contributed by atoms with Gasteiger partial charge in [-0.15, -0.1) is 24.0 Å². The molecule has 0 saturated carbocycles. The molecule has 1 aromatic rings. The van der Waals surface area contributed by atoms with E-state index >= 15 is 0 Å². The zero-order valence-corrected chi connectivity index (χ0v) is 12.8. The Hall–Kier alpha value is -0.990. The van der Waals surface area contributed by atoms with Crippen molar-refractivity contribution in [3.63, 3.8) is 0 Å². The SMILES string of the molecule is CN1CCN=C1NCCc1ccc(F)c(F)c1F.I. The molecular weight excluding hydrogens is 370 g/mol. The van der Waals surface area contributed by atoms with Crippen LogP contribution in [-0.4, -0.2) is 37.5 Å². The zero-order valence-electron chi connectivity index (χ0n) is 10.4. The molecule has 3 nitrogen and oxygen atoms in total. The molecule has 0 saturated heterocycles. The van der Waals surface area contributed by atoms with E-state index in [0.717, 1.165) is 25.1 Å². The Balaban J connectivity index is 0.00000180. The van der Waals surface area contributed by atoms with Crippen molar-refractivity contribution in [1.29, 1.82) is 0 Å². The van der Waals surface area contributed by atoms with Crippen molar-refractivity contribution in [2.75, 3.05) is 26.7 Å². The van der Waals surface area contributed by atoms with Gasteiger partial charge in [0.1, 0.15) is 0 Å². The lowest BCUT2D eigenvalue weighted by atomic mass is 10.1. The first-order valence-electron chi connectivity index (χ1n) is 5.71. The van der Waals surface area contributed by atoms with Crippen molar-refractivity contribution in [2.45, 2.75) is 6.42 Å². The van der Waals surface area contributed by atoms with Gasteiger partial charge in [0.15, 0.2) is 23.4 Å². The van der Waals surface area contributed by atoms with Gasteiger partial charge in [-0.1, -0.05) is 6.07 Å². The zero-order chi connectivity index (χ0) is 13.1. The average molecular weight is 385 g/mol. The Bertz CT molecular complexity index is 480. The molecular formula is C12H15F3IN3. The molecule has 1 N–H and O–H groups in total. The number of rotatable bonds is 3. The van der Waals surface area contributed by atoms with E-state index in [0.29, 0.717) is 6.54 Å². The number of guanidine groups is 1. The molecule has 1 aliphatic rings. The Morgan fingerprint density at radius 1 is 1.26 bits per heavy atom. The van der Waals surface area contributed by atoms with Crippen LogP contribution in [0.25, 0.3) is 0 Å². The first-order valence-corrected chi connectivity index (χ1v) is 5.71. The Morgan fingerprint density at radius 3 is 2.63 bits per heavy atom. The Labute approximate surface area is 126 Å². The normalized spacial score (nSPS) is 14.1. The molecule has 0 atom stereocenters. The summed E-state index contributed by atoms with van der Waals surface area (Å²) in [5.74, 6) is -2.94. The molecule has 1 aliphatic heterocycles. The van der Waals surface area contributed by atoms with Gasteiger partial charge in [-0.2, -0.15) is 0 Å². The van der Waals surface area contributed by atoms with E-state index in [2.05, 4.69) is 10.3 Å². The summed E-state index contributed by atoms with van der Waals surface area (Å²) < 4.78 is 39.1. The van der Waals surface area contributed by atoms with Gasteiger partial charge in [0.25, 0.3) is 0 Å². The quantitative estimate of drug-likeness (QED) is 0.638. The number of hydrogen-bond donors (Lipinski definition) is 1. The lowest BCUT2D eigenvalue weighted by Gasteiger charge is -2.15. The van der Waals surface area contributed by atoms with Crippen LogP contribution in [0.4, 0.5) is 13.2 Å². The van der Waals surface area contributed by atoms with E-state index in [1.807, 2.05) is 11.9 Å². The summed E-state index contributed by atoms with van der Waals surface area (Å²) in [6.45, 7) is 2.01. The van der Waals surface area contributed by atoms with Crippen LogP contribution in [0.2, 0.25) is 0 Å². The highest BCUT2D eigenvalue weighted by molar-refractivity contribution is 14.0. The lowest BCUT2D eigenvalue weighted by molar-refractivity contribution is 0.440. The third kappa shape index (κ3) is 3.74. The summed E-state index contributed by atoms with van der Waals surface area (Å²) in [7, 11) is 1.90. The standard InChI is InChI=1S/C12H14F3N3.HI/c1-18-7-6-17-12(18)16-5-4-8-2-3-9(13)11(15)10(8)14;/h2-3H,4-7H2,1H3,(H,16,17);1H. The molecule has 0 fully saturated rings. The maximum Gasteiger partial charge on any atom is 0.194 e. The number of likely N-dealkylation sites (N-methyl/N-ethyl adjacent to an activating group) is 1. The molecule has 0 amide bonds. The van der Waals surface area contributed by atoms with Gasteiger partial charge >= 0.3 is 0 Å². The van der Waals surface area contributed by atoms with E-state index in [9.17, 15) is 13.2 Å². The smallest absolute Gasteiger partial charge is 0.194 e. The summed E-state index contributed by atoms with van der Waals surface area (Å²) in [5, 5.41) is 3.03. The van der Waals surface area contributed by atoms with E-state index in [1.165, 1.54) is 6.07 Å². The molecule has 0 spiro atoms. The third-order valence-corrected chi connectivity index (χ3v) is 2.85. The van der Waals surface area contributed by atoms with Crippen molar-refractivity contribution in [3.05, 3.63) is 35.1 Å². The number of benzene rings is 1. The molecule has 1 heterocycles. The maximum absolute atomic E-state index is 13.4. The van der Waals surface area contributed by atoms with Gasteiger partial charge in [-0.05, 0) is 18.1 Å². The van der Waals surface area contributed by atoms with Crippen LogP contribution < -0.4 is 5.32 Å². The van der Waals surface area contributed by atoms with Crippen LogP contribution in [0.1, 0.15) is 5.56 Å². The van der Waals surface area contributed by atoms with E-state index in [1.54, 1.807) is 0 Å². The second-order valence-corrected chi connectivity index (χ2v) is 4.14. The molecule has 0 unspecified atom stereocenters. The van der Waals surface area contributed by atoms with E-state index < -0.39 is 17.5 Å².